The lowest BCUT2D eigenvalue weighted by molar-refractivity contribution is 0.0776. The maximum Gasteiger partial charge on any atom is 0.119 e. The molecule has 0 aromatic heterocycles. The van der Waals surface area contributed by atoms with E-state index in [0.29, 0.717) is 12.6 Å². The van der Waals surface area contributed by atoms with Crippen molar-refractivity contribution in [2.75, 3.05) is 19.8 Å². The van der Waals surface area contributed by atoms with Gasteiger partial charge in [0.25, 0.3) is 0 Å². The predicted molar refractivity (Wildman–Crippen MR) is 72.8 cm³/mol. The van der Waals surface area contributed by atoms with Gasteiger partial charge in [-0.05, 0) is 30.5 Å². The normalized spacial score (nSPS) is 16.4. The summed E-state index contributed by atoms with van der Waals surface area (Å²) in [5.74, 6) is 0.893. The van der Waals surface area contributed by atoms with Crippen molar-refractivity contribution in [2.45, 2.75) is 25.4 Å². The van der Waals surface area contributed by atoms with Gasteiger partial charge in [0.15, 0.2) is 0 Å². The maximum absolute atomic E-state index is 5.45. The monoisotopic (exact) mass is 247 g/mol. The molecular formula is C15H21NO2. The van der Waals surface area contributed by atoms with Gasteiger partial charge in [0.2, 0.25) is 0 Å². The van der Waals surface area contributed by atoms with Crippen LogP contribution in [0.4, 0.5) is 0 Å². The van der Waals surface area contributed by atoms with Crippen LogP contribution in [0.5, 0.6) is 5.75 Å². The fourth-order valence-corrected chi connectivity index (χ4v) is 2.02. The van der Waals surface area contributed by atoms with Crippen LogP contribution in [0.15, 0.2) is 36.9 Å². The van der Waals surface area contributed by atoms with Crippen molar-refractivity contribution in [2.24, 2.45) is 0 Å². The van der Waals surface area contributed by atoms with Gasteiger partial charge in [-0.2, -0.15) is 0 Å². The van der Waals surface area contributed by atoms with Crippen LogP contribution in [0.3, 0.4) is 0 Å². The third-order valence-corrected chi connectivity index (χ3v) is 3.11. The summed E-state index contributed by atoms with van der Waals surface area (Å²) in [6.45, 7) is 6.86. The average molecular weight is 247 g/mol. The number of nitrogens with one attached hydrogen (secondary N) is 1. The third kappa shape index (κ3) is 4.17. The Hall–Kier alpha value is -1.32. The van der Waals surface area contributed by atoms with Crippen LogP contribution < -0.4 is 10.1 Å². The molecule has 1 saturated heterocycles. The molecule has 1 aliphatic heterocycles. The molecule has 2 rings (SSSR count). The van der Waals surface area contributed by atoms with Crippen molar-refractivity contribution in [1.82, 2.24) is 5.32 Å². The Morgan fingerprint density at radius 2 is 2.00 bits per heavy atom. The quantitative estimate of drug-likeness (QED) is 0.784. The van der Waals surface area contributed by atoms with Crippen LogP contribution in [0.1, 0.15) is 18.4 Å². The Kier molecular flexibility index (Phi) is 5.24. The van der Waals surface area contributed by atoms with E-state index in [1.165, 1.54) is 5.56 Å². The summed E-state index contributed by atoms with van der Waals surface area (Å²) >= 11 is 0. The first-order chi connectivity index (χ1) is 8.88. The molecule has 3 heteroatoms. The summed E-state index contributed by atoms with van der Waals surface area (Å²) in [6, 6.07) is 8.81. The zero-order valence-electron chi connectivity index (χ0n) is 10.7. The maximum atomic E-state index is 5.45. The van der Waals surface area contributed by atoms with Crippen molar-refractivity contribution < 1.29 is 9.47 Å². The van der Waals surface area contributed by atoms with E-state index in [1.807, 2.05) is 12.1 Å². The van der Waals surface area contributed by atoms with Crippen LogP contribution in [-0.2, 0) is 11.3 Å². The SMILES string of the molecule is C=CCOc1ccc(CNC2CCOCC2)cc1. The summed E-state index contributed by atoms with van der Waals surface area (Å²) < 4.78 is 10.8. The van der Waals surface area contributed by atoms with Gasteiger partial charge in [-0.1, -0.05) is 24.8 Å². The van der Waals surface area contributed by atoms with E-state index >= 15 is 0 Å². The van der Waals surface area contributed by atoms with Gasteiger partial charge in [-0.3, -0.25) is 0 Å². The van der Waals surface area contributed by atoms with Gasteiger partial charge in [0.1, 0.15) is 12.4 Å². The van der Waals surface area contributed by atoms with Crippen LogP contribution in [-0.4, -0.2) is 25.9 Å². The summed E-state index contributed by atoms with van der Waals surface area (Å²) in [5.41, 5.74) is 1.28. The summed E-state index contributed by atoms with van der Waals surface area (Å²) in [4.78, 5) is 0. The molecular weight excluding hydrogens is 226 g/mol. The lowest BCUT2D eigenvalue weighted by Gasteiger charge is -2.23. The first-order valence-corrected chi connectivity index (χ1v) is 6.52. The zero-order valence-corrected chi connectivity index (χ0v) is 10.7. The number of ether oxygens (including phenoxy) is 2. The number of rotatable bonds is 6. The van der Waals surface area contributed by atoms with Crippen molar-refractivity contribution in [3.63, 3.8) is 0 Å². The fraction of sp³-hybridized carbons (Fsp3) is 0.467. The molecule has 0 spiro atoms. The van der Waals surface area contributed by atoms with Crippen LogP contribution >= 0.6 is 0 Å². The van der Waals surface area contributed by atoms with E-state index in [1.54, 1.807) is 6.08 Å². The standard InChI is InChI=1S/C15H21NO2/c1-2-9-18-15-5-3-13(4-6-15)12-16-14-7-10-17-11-8-14/h2-6,14,16H,1,7-12H2. The minimum absolute atomic E-state index is 0.555. The average Bonchev–Trinajstić information content (AvgIpc) is 2.45. The van der Waals surface area contributed by atoms with E-state index in [2.05, 4.69) is 24.0 Å². The fourth-order valence-electron chi connectivity index (χ4n) is 2.02. The second-order valence-corrected chi connectivity index (χ2v) is 4.51. The second-order valence-electron chi connectivity index (χ2n) is 4.51. The van der Waals surface area contributed by atoms with Crippen LogP contribution in [0.25, 0.3) is 0 Å². The van der Waals surface area contributed by atoms with E-state index in [-0.39, 0.29) is 0 Å². The molecule has 3 nitrogen and oxygen atoms in total. The molecule has 0 radical (unpaired) electrons. The number of benzene rings is 1. The van der Waals surface area contributed by atoms with Gasteiger partial charge in [-0.25, -0.2) is 0 Å². The molecule has 1 fully saturated rings. The molecule has 0 amide bonds. The molecule has 1 N–H and O–H groups in total. The summed E-state index contributed by atoms with van der Waals surface area (Å²) in [5, 5.41) is 3.56. The van der Waals surface area contributed by atoms with Gasteiger partial charge < -0.3 is 14.8 Å². The van der Waals surface area contributed by atoms with Crippen molar-refractivity contribution in [3.05, 3.63) is 42.5 Å². The van der Waals surface area contributed by atoms with Crippen molar-refractivity contribution in [3.8, 4) is 5.75 Å². The highest BCUT2D eigenvalue weighted by molar-refractivity contribution is 5.27. The summed E-state index contributed by atoms with van der Waals surface area (Å²) in [6.07, 6.45) is 3.97. The first kappa shape index (κ1) is 13.1. The Bertz CT molecular complexity index is 355. The molecule has 0 aliphatic carbocycles. The lowest BCUT2D eigenvalue weighted by atomic mass is 10.1. The highest BCUT2D eigenvalue weighted by Crippen LogP contribution is 2.13. The first-order valence-electron chi connectivity index (χ1n) is 6.52. The molecule has 18 heavy (non-hydrogen) atoms. The third-order valence-electron chi connectivity index (χ3n) is 3.11. The highest BCUT2D eigenvalue weighted by Gasteiger charge is 2.12. The Labute approximate surface area is 109 Å². The molecule has 1 aliphatic rings. The molecule has 1 heterocycles. The largest absolute Gasteiger partial charge is 0.490 e. The predicted octanol–water partition coefficient (Wildman–Crippen LogP) is 2.52. The van der Waals surface area contributed by atoms with E-state index in [9.17, 15) is 0 Å². The smallest absolute Gasteiger partial charge is 0.119 e. The van der Waals surface area contributed by atoms with Gasteiger partial charge in [0.05, 0.1) is 0 Å². The number of hydrogen-bond acceptors (Lipinski definition) is 3. The van der Waals surface area contributed by atoms with Crippen molar-refractivity contribution in [1.29, 1.82) is 0 Å². The Balaban J connectivity index is 1.76. The molecule has 0 unspecified atom stereocenters. The summed E-state index contributed by atoms with van der Waals surface area (Å²) in [7, 11) is 0. The molecule has 1 aromatic carbocycles. The van der Waals surface area contributed by atoms with Crippen molar-refractivity contribution >= 4 is 0 Å². The van der Waals surface area contributed by atoms with Crippen LogP contribution in [0.2, 0.25) is 0 Å². The highest BCUT2D eigenvalue weighted by atomic mass is 16.5. The molecule has 0 bridgehead atoms. The molecule has 1 aromatic rings. The van der Waals surface area contributed by atoms with E-state index in [4.69, 9.17) is 9.47 Å². The molecule has 0 atom stereocenters. The zero-order chi connectivity index (χ0) is 12.6. The Morgan fingerprint density at radius 3 is 2.67 bits per heavy atom. The van der Waals surface area contributed by atoms with E-state index in [0.717, 1.165) is 38.3 Å². The van der Waals surface area contributed by atoms with E-state index < -0.39 is 0 Å². The lowest BCUT2D eigenvalue weighted by Crippen LogP contribution is -2.34. The second kappa shape index (κ2) is 7.19. The topological polar surface area (TPSA) is 30.5 Å². The molecule has 0 saturated carbocycles. The van der Waals surface area contributed by atoms with Gasteiger partial charge in [-0.15, -0.1) is 0 Å². The molecule has 98 valence electrons. The minimum atomic E-state index is 0.555. The Morgan fingerprint density at radius 1 is 1.28 bits per heavy atom. The van der Waals surface area contributed by atoms with Gasteiger partial charge in [0, 0.05) is 25.8 Å². The van der Waals surface area contributed by atoms with Gasteiger partial charge >= 0.3 is 0 Å². The number of hydrogen-bond donors (Lipinski definition) is 1. The van der Waals surface area contributed by atoms with Crippen LogP contribution in [0, 0.1) is 0 Å². The minimum Gasteiger partial charge on any atom is -0.490 e.